The highest BCUT2D eigenvalue weighted by Crippen LogP contribution is 2.33. The van der Waals surface area contributed by atoms with Crippen LogP contribution in [0.4, 0.5) is 8.78 Å². The fraction of sp³-hybridized carbons (Fsp3) is 0.611. The quantitative estimate of drug-likeness (QED) is 0.816. The van der Waals surface area contributed by atoms with Crippen LogP contribution in [0.25, 0.3) is 0 Å². The molecule has 1 N–H and O–H groups in total. The van der Waals surface area contributed by atoms with E-state index < -0.39 is 6.61 Å². The molecular weight excluding hydrogens is 330 g/mol. The zero-order valence-electron chi connectivity index (χ0n) is 14.3. The molecule has 2 aliphatic rings. The van der Waals surface area contributed by atoms with E-state index in [1.165, 1.54) is 30.7 Å². The van der Waals surface area contributed by atoms with Gasteiger partial charge < -0.3 is 14.7 Å². The molecular formula is C18H24F2N2O3. The number of aliphatic hydroxyl groups excluding tert-OH is 1. The van der Waals surface area contributed by atoms with E-state index in [0.717, 1.165) is 19.4 Å². The molecule has 25 heavy (non-hydrogen) atoms. The van der Waals surface area contributed by atoms with Crippen molar-refractivity contribution in [3.8, 4) is 5.75 Å². The van der Waals surface area contributed by atoms with E-state index in [4.69, 9.17) is 0 Å². The Balaban J connectivity index is 1.65. The second-order valence-electron chi connectivity index (χ2n) is 6.95. The van der Waals surface area contributed by atoms with Gasteiger partial charge in [0.05, 0.1) is 6.10 Å². The maximum absolute atomic E-state index is 12.8. The van der Waals surface area contributed by atoms with Crippen molar-refractivity contribution in [2.75, 3.05) is 26.7 Å². The SMILES string of the molecule is CN(C(=O)c1ccc(OC(F)F)cc1)[C@@H](CN1CC(O)C1)C1CCC1. The van der Waals surface area contributed by atoms with Crippen LogP contribution < -0.4 is 4.74 Å². The highest BCUT2D eigenvalue weighted by molar-refractivity contribution is 5.94. The average Bonchev–Trinajstić information content (AvgIpc) is 2.49. The maximum Gasteiger partial charge on any atom is 0.387 e. The van der Waals surface area contributed by atoms with Crippen molar-refractivity contribution in [3.63, 3.8) is 0 Å². The predicted molar refractivity (Wildman–Crippen MR) is 88.7 cm³/mol. The van der Waals surface area contributed by atoms with Gasteiger partial charge in [-0.05, 0) is 43.0 Å². The summed E-state index contributed by atoms with van der Waals surface area (Å²) >= 11 is 0. The lowest BCUT2D eigenvalue weighted by atomic mass is 9.78. The molecule has 1 atom stereocenters. The molecule has 0 aromatic heterocycles. The fourth-order valence-electron chi connectivity index (χ4n) is 3.50. The number of ether oxygens (including phenoxy) is 1. The Morgan fingerprint density at radius 3 is 2.44 bits per heavy atom. The summed E-state index contributed by atoms with van der Waals surface area (Å²) in [5.41, 5.74) is 0.456. The predicted octanol–water partition coefficient (Wildman–Crippen LogP) is 2.21. The first-order valence-corrected chi connectivity index (χ1v) is 8.66. The molecule has 1 aromatic rings. The third-order valence-electron chi connectivity index (χ3n) is 5.22. The van der Waals surface area contributed by atoms with Gasteiger partial charge in [0.15, 0.2) is 0 Å². The third kappa shape index (κ3) is 4.27. The van der Waals surface area contributed by atoms with E-state index in [9.17, 15) is 18.7 Å². The van der Waals surface area contributed by atoms with Crippen molar-refractivity contribution in [3.05, 3.63) is 29.8 Å². The van der Waals surface area contributed by atoms with E-state index in [0.29, 0.717) is 24.6 Å². The molecule has 1 saturated carbocycles. The monoisotopic (exact) mass is 354 g/mol. The lowest BCUT2D eigenvalue weighted by molar-refractivity contribution is -0.0498. The number of benzene rings is 1. The van der Waals surface area contributed by atoms with Crippen molar-refractivity contribution < 1.29 is 23.4 Å². The van der Waals surface area contributed by atoms with Crippen molar-refractivity contribution in [1.29, 1.82) is 0 Å². The summed E-state index contributed by atoms with van der Waals surface area (Å²) in [4.78, 5) is 16.7. The molecule has 0 unspecified atom stereocenters. The molecule has 1 aromatic carbocycles. The van der Waals surface area contributed by atoms with Crippen LogP contribution in [0.15, 0.2) is 24.3 Å². The van der Waals surface area contributed by atoms with Gasteiger partial charge in [0.2, 0.25) is 0 Å². The summed E-state index contributed by atoms with van der Waals surface area (Å²) in [7, 11) is 1.80. The minimum atomic E-state index is -2.88. The topological polar surface area (TPSA) is 53.0 Å². The molecule has 7 heteroatoms. The molecule has 0 spiro atoms. The molecule has 1 amide bonds. The van der Waals surface area contributed by atoms with Crippen LogP contribution in [-0.2, 0) is 0 Å². The number of nitrogens with zero attached hydrogens (tertiary/aromatic N) is 2. The van der Waals surface area contributed by atoms with E-state index in [1.807, 2.05) is 0 Å². The van der Waals surface area contributed by atoms with Crippen LogP contribution in [0.3, 0.4) is 0 Å². The van der Waals surface area contributed by atoms with Crippen LogP contribution in [0.2, 0.25) is 0 Å². The highest BCUT2D eigenvalue weighted by Gasteiger charge is 2.36. The summed E-state index contributed by atoms with van der Waals surface area (Å²) in [6, 6.07) is 5.91. The van der Waals surface area contributed by atoms with Gasteiger partial charge in [0.1, 0.15) is 5.75 Å². The van der Waals surface area contributed by atoms with Gasteiger partial charge in [-0.25, -0.2) is 0 Å². The molecule has 1 saturated heterocycles. The summed E-state index contributed by atoms with van der Waals surface area (Å²) < 4.78 is 28.8. The Morgan fingerprint density at radius 1 is 1.32 bits per heavy atom. The highest BCUT2D eigenvalue weighted by atomic mass is 19.3. The molecule has 5 nitrogen and oxygen atoms in total. The number of likely N-dealkylation sites (N-methyl/N-ethyl adjacent to an activating group) is 1. The summed E-state index contributed by atoms with van der Waals surface area (Å²) in [5, 5.41) is 9.47. The number of carbonyl (C=O) groups is 1. The van der Waals surface area contributed by atoms with Crippen molar-refractivity contribution >= 4 is 5.91 Å². The number of β-amino-alcohol motifs (C(OH)–C–C–N with tert-alkyl or cyclic N) is 1. The molecule has 1 aliphatic heterocycles. The van der Waals surface area contributed by atoms with Crippen LogP contribution >= 0.6 is 0 Å². The van der Waals surface area contributed by atoms with E-state index >= 15 is 0 Å². The van der Waals surface area contributed by atoms with Crippen LogP contribution in [0, 0.1) is 5.92 Å². The zero-order chi connectivity index (χ0) is 18.0. The lowest BCUT2D eigenvalue weighted by Gasteiger charge is -2.45. The van der Waals surface area contributed by atoms with Crippen molar-refractivity contribution in [1.82, 2.24) is 9.80 Å². The number of alkyl halides is 2. The van der Waals surface area contributed by atoms with E-state index in [1.54, 1.807) is 11.9 Å². The van der Waals surface area contributed by atoms with Gasteiger partial charge in [-0.15, -0.1) is 0 Å². The molecule has 3 rings (SSSR count). The number of halogens is 2. The first-order valence-electron chi connectivity index (χ1n) is 8.66. The van der Waals surface area contributed by atoms with E-state index in [-0.39, 0.29) is 23.8 Å². The minimum Gasteiger partial charge on any atom is -0.435 e. The number of likely N-dealkylation sites (tertiary alicyclic amines) is 1. The largest absolute Gasteiger partial charge is 0.435 e. The number of aliphatic hydroxyl groups is 1. The van der Waals surface area contributed by atoms with Crippen molar-refractivity contribution in [2.24, 2.45) is 5.92 Å². The van der Waals surface area contributed by atoms with Gasteiger partial charge in [0, 0.05) is 38.3 Å². The summed E-state index contributed by atoms with van der Waals surface area (Å²) in [5.74, 6) is 0.397. The number of hydrogen-bond donors (Lipinski definition) is 1. The minimum absolute atomic E-state index is 0.0410. The molecule has 2 fully saturated rings. The zero-order valence-corrected chi connectivity index (χ0v) is 14.3. The number of amides is 1. The van der Waals surface area contributed by atoms with E-state index in [2.05, 4.69) is 9.64 Å². The molecule has 1 heterocycles. The molecule has 0 radical (unpaired) electrons. The maximum atomic E-state index is 12.8. The first kappa shape index (κ1) is 18.1. The van der Waals surface area contributed by atoms with Gasteiger partial charge in [-0.2, -0.15) is 8.78 Å². The van der Waals surface area contributed by atoms with Crippen LogP contribution in [0.5, 0.6) is 5.75 Å². The Morgan fingerprint density at radius 2 is 1.96 bits per heavy atom. The fourth-order valence-corrected chi connectivity index (χ4v) is 3.50. The number of carbonyl (C=O) groups excluding carboxylic acids is 1. The van der Waals surface area contributed by atoms with Gasteiger partial charge >= 0.3 is 6.61 Å². The Bertz CT molecular complexity index is 586. The first-order chi connectivity index (χ1) is 11.9. The normalized spacial score (nSPS) is 20.0. The molecule has 1 aliphatic carbocycles. The molecule has 138 valence electrons. The number of hydrogen-bond acceptors (Lipinski definition) is 4. The average molecular weight is 354 g/mol. The number of rotatable bonds is 7. The van der Waals surface area contributed by atoms with Crippen molar-refractivity contribution in [2.45, 2.75) is 38.0 Å². The van der Waals surface area contributed by atoms with Gasteiger partial charge in [-0.3, -0.25) is 9.69 Å². The molecule has 0 bridgehead atoms. The van der Waals surface area contributed by atoms with Crippen LogP contribution in [0.1, 0.15) is 29.6 Å². The third-order valence-corrected chi connectivity index (χ3v) is 5.22. The Labute approximate surface area is 146 Å². The lowest BCUT2D eigenvalue weighted by Crippen LogP contribution is -2.58. The van der Waals surface area contributed by atoms with Gasteiger partial charge in [-0.1, -0.05) is 6.42 Å². The second kappa shape index (κ2) is 7.66. The standard InChI is InChI=1S/C18H24F2N2O3/c1-21(16(12-3-2-4-12)11-22-9-14(23)10-22)17(24)13-5-7-15(8-6-13)25-18(19)20/h5-8,12,14,16,18,23H,2-4,9-11H2,1H3/t16-/m0/s1. The smallest absolute Gasteiger partial charge is 0.387 e. The Hall–Kier alpha value is -1.73. The second-order valence-corrected chi connectivity index (χ2v) is 6.95. The van der Waals surface area contributed by atoms with Gasteiger partial charge in [0.25, 0.3) is 5.91 Å². The van der Waals surface area contributed by atoms with Crippen LogP contribution in [-0.4, -0.2) is 66.3 Å². The Kier molecular flexibility index (Phi) is 5.54. The summed E-state index contributed by atoms with van der Waals surface area (Å²) in [6.45, 7) is -0.800. The summed E-state index contributed by atoms with van der Waals surface area (Å²) in [6.07, 6.45) is 3.15.